The lowest BCUT2D eigenvalue weighted by atomic mass is 10.3. The van der Waals surface area contributed by atoms with Crippen LogP contribution in [0.25, 0.3) is 0 Å². The minimum Gasteiger partial charge on any atom is -0.360 e. The fraction of sp³-hybridized carbons (Fsp3) is 0.462. The lowest BCUT2D eigenvalue weighted by Crippen LogP contribution is -2.19. The van der Waals surface area contributed by atoms with Gasteiger partial charge >= 0.3 is 0 Å². The lowest BCUT2D eigenvalue weighted by molar-refractivity contribution is 0.591. The zero-order valence-corrected chi connectivity index (χ0v) is 14.1. The molecule has 8 nitrogen and oxygen atoms in total. The highest BCUT2D eigenvalue weighted by atomic mass is 32.2. The molecule has 0 unspecified atom stereocenters. The summed E-state index contributed by atoms with van der Waals surface area (Å²) in [7, 11) is -0.238. The number of nitrogens with one attached hydrogen (secondary N) is 1. The summed E-state index contributed by atoms with van der Waals surface area (Å²) in [5, 5.41) is 7.93. The second-order valence-electron chi connectivity index (χ2n) is 5.48. The van der Waals surface area contributed by atoms with E-state index in [9.17, 15) is 8.42 Å². The molecule has 2 aromatic rings. The Balaban J connectivity index is 2.38. The number of imidazole rings is 1. The van der Waals surface area contributed by atoms with Crippen molar-refractivity contribution in [2.75, 3.05) is 23.7 Å². The molecule has 0 radical (unpaired) electrons. The van der Waals surface area contributed by atoms with E-state index >= 15 is 0 Å². The summed E-state index contributed by atoms with van der Waals surface area (Å²) in [5.41, 5.74) is 0.993. The Bertz CT molecular complexity index is 767. The number of hydrogen-bond donors (Lipinski definition) is 1. The second kappa shape index (κ2) is 5.91. The normalized spacial score (nSPS) is 11.7. The summed E-state index contributed by atoms with van der Waals surface area (Å²) in [6.07, 6.45) is 3.01. The summed E-state index contributed by atoms with van der Waals surface area (Å²) in [4.78, 5) is 5.66. The Kier molecular flexibility index (Phi) is 4.36. The Morgan fingerprint density at radius 1 is 1.27 bits per heavy atom. The third kappa shape index (κ3) is 3.35. The van der Waals surface area contributed by atoms with Crippen LogP contribution in [0.1, 0.15) is 25.6 Å². The third-order valence-electron chi connectivity index (χ3n) is 3.01. The first-order valence-electron chi connectivity index (χ1n) is 6.78. The highest BCUT2D eigenvalue weighted by molar-refractivity contribution is 7.92. The summed E-state index contributed by atoms with van der Waals surface area (Å²) in [5.74, 6) is 0.442. The molecular formula is C13H20N6O2S. The highest BCUT2D eigenvalue weighted by Gasteiger charge is 2.21. The Morgan fingerprint density at radius 2 is 1.95 bits per heavy atom. The van der Waals surface area contributed by atoms with Crippen molar-refractivity contribution in [3.8, 4) is 0 Å². The van der Waals surface area contributed by atoms with Crippen LogP contribution < -0.4 is 9.62 Å². The van der Waals surface area contributed by atoms with Crippen LogP contribution in [0.4, 0.5) is 11.5 Å². The molecule has 9 heteroatoms. The zero-order valence-electron chi connectivity index (χ0n) is 13.3. The maximum absolute atomic E-state index is 12.5. The maximum Gasteiger partial charge on any atom is 0.281 e. The fourth-order valence-corrected chi connectivity index (χ4v) is 2.81. The average Bonchev–Trinajstić information content (AvgIpc) is 2.88. The van der Waals surface area contributed by atoms with Gasteiger partial charge in [-0.05, 0) is 26.8 Å². The van der Waals surface area contributed by atoms with E-state index in [2.05, 4.69) is 19.9 Å². The second-order valence-corrected chi connectivity index (χ2v) is 7.11. The molecule has 0 spiro atoms. The molecule has 0 fully saturated rings. The van der Waals surface area contributed by atoms with Crippen molar-refractivity contribution >= 4 is 21.5 Å². The number of anilines is 2. The van der Waals surface area contributed by atoms with Gasteiger partial charge in [-0.3, -0.25) is 4.72 Å². The standard InChI is InChI=1S/C13H20N6O2S/c1-9(2)19-7-12(14-8-19)22(20,21)17-11-6-10(3)15-16-13(11)18(4)5/h6-9H,1-5H3,(H,15,17). The topological polar surface area (TPSA) is 93.0 Å². The fourth-order valence-electron chi connectivity index (χ4n) is 1.82. The molecule has 120 valence electrons. The number of aromatic nitrogens is 4. The van der Waals surface area contributed by atoms with Crippen molar-refractivity contribution in [1.29, 1.82) is 0 Å². The monoisotopic (exact) mass is 324 g/mol. The molecule has 1 N–H and O–H groups in total. The van der Waals surface area contributed by atoms with Crippen LogP contribution in [0.2, 0.25) is 0 Å². The van der Waals surface area contributed by atoms with Crippen LogP contribution >= 0.6 is 0 Å². The van der Waals surface area contributed by atoms with Gasteiger partial charge < -0.3 is 9.47 Å². The van der Waals surface area contributed by atoms with Crippen LogP contribution in [0.15, 0.2) is 23.6 Å². The smallest absolute Gasteiger partial charge is 0.281 e. The van der Waals surface area contributed by atoms with Gasteiger partial charge in [0.1, 0.15) is 0 Å². The molecule has 2 rings (SSSR count). The molecule has 0 bridgehead atoms. The van der Waals surface area contributed by atoms with E-state index in [0.717, 1.165) is 0 Å². The quantitative estimate of drug-likeness (QED) is 0.894. The van der Waals surface area contributed by atoms with E-state index in [1.165, 1.54) is 12.5 Å². The average molecular weight is 324 g/mol. The first-order valence-corrected chi connectivity index (χ1v) is 8.27. The van der Waals surface area contributed by atoms with Crippen molar-refractivity contribution in [3.63, 3.8) is 0 Å². The Morgan fingerprint density at radius 3 is 2.50 bits per heavy atom. The lowest BCUT2D eigenvalue weighted by Gasteiger charge is -2.16. The number of sulfonamides is 1. The van der Waals surface area contributed by atoms with E-state index in [-0.39, 0.29) is 11.1 Å². The van der Waals surface area contributed by atoms with Crippen molar-refractivity contribution in [3.05, 3.63) is 24.3 Å². The van der Waals surface area contributed by atoms with Crippen LogP contribution in [-0.2, 0) is 10.0 Å². The number of hydrogen-bond acceptors (Lipinski definition) is 6. The minimum atomic E-state index is -3.78. The molecule has 2 aromatic heterocycles. The first-order chi connectivity index (χ1) is 10.2. The van der Waals surface area contributed by atoms with Gasteiger partial charge in [0.15, 0.2) is 10.8 Å². The van der Waals surface area contributed by atoms with Crippen molar-refractivity contribution in [2.24, 2.45) is 0 Å². The van der Waals surface area contributed by atoms with Gasteiger partial charge in [-0.25, -0.2) is 4.98 Å². The third-order valence-corrected chi connectivity index (χ3v) is 4.26. The van der Waals surface area contributed by atoms with E-state index in [1.807, 2.05) is 13.8 Å². The molecular weight excluding hydrogens is 304 g/mol. The van der Waals surface area contributed by atoms with Gasteiger partial charge in [-0.1, -0.05) is 0 Å². The Hall–Kier alpha value is -2.16. The summed E-state index contributed by atoms with van der Waals surface area (Å²) >= 11 is 0. The van der Waals surface area contributed by atoms with Crippen molar-refractivity contribution in [1.82, 2.24) is 19.7 Å². The van der Waals surface area contributed by atoms with Gasteiger partial charge in [0.2, 0.25) is 0 Å². The van der Waals surface area contributed by atoms with Crippen LogP contribution in [0.5, 0.6) is 0 Å². The molecule has 0 saturated carbocycles. The van der Waals surface area contributed by atoms with Crippen LogP contribution in [0, 0.1) is 6.92 Å². The predicted molar refractivity (Wildman–Crippen MR) is 84.5 cm³/mol. The molecule has 0 aliphatic carbocycles. The van der Waals surface area contributed by atoms with Gasteiger partial charge in [0.05, 0.1) is 17.7 Å². The van der Waals surface area contributed by atoms with Crippen molar-refractivity contribution in [2.45, 2.75) is 31.8 Å². The number of aryl methyl sites for hydroxylation is 1. The predicted octanol–water partition coefficient (Wildman–Crippen LogP) is 1.43. The summed E-state index contributed by atoms with van der Waals surface area (Å²) < 4.78 is 29.2. The van der Waals surface area contributed by atoms with Crippen molar-refractivity contribution < 1.29 is 8.42 Å². The van der Waals surface area contributed by atoms with E-state index < -0.39 is 10.0 Å². The summed E-state index contributed by atoms with van der Waals surface area (Å²) in [6.45, 7) is 5.65. The van der Waals surface area contributed by atoms with E-state index in [0.29, 0.717) is 17.2 Å². The van der Waals surface area contributed by atoms with Crippen LogP contribution in [0.3, 0.4) is 0 Å². The van der Waals surface area contributed by atoms with E-state index in [1.54, 1.807) is 36.6 Å². The van der Waals surface area contributed by atoms with Gasteiger partial charge in [0, 0.05) is 26.3 Å². The SMILES string of the molecule is Cc1cc(NS(=O)(=O)c2cn(C(C)C)cn2)c(N(C)C)nn1. The zero-order chi connectivity index (χ0) is 16.5. The number of rotatable bonds is 5. The maximum atomic E-state index is 12.5. The number of nitrogens with zero attached hydrogens (tertiary/aromatic N) is 5. The molecule has 0 atom stereocenters. The molecule has 0 aliphatic heterocycles. The molecule has 0 aromatic carbocycles. The van der Waals surface area contributed by atoms with E-state index in [4.69, 9.17) is 0 Å². The minimum absolute atomic E-state index is 0.0274. The molecule has 2 heterocycles. The van der Waals surface area contributed by atoms with Gasteiger partial charge in [-0.15, -0.1) is 5.10 Å². The largest absolute Gasteiger partial charge is 0.360 e. The molecule has 0 saturated heterocycles. The Labute approximate surface area is 130 Å². The summed E-state index contributed by atoms with van der Waals surface area (Å²) in [6, 6.07) is 1.78. The highest BCUT2D eigenvalue weighted by Crippen LogP contribution is 2.24. The molecule has 0 amide bonds. The molecule has 22 heavy (non-hydrogen) atoms. The van der Waals surface area contributed by atoms with Gasteiger partial charge in [0.25, 0.3) is 10.0 Å². The first kappa shape index (κ1) is 16.2. The van der Waals surface area contributed by atoms with Crippen LogP contribution in [-0.4, -0.2) is 42.3 Å². The molecule has 0 aliphatic rings. The van der Waals surface area contributed by atoms with Gasteiger partial charge in [-0.2, -0.15) is 13.5 Å².